The monoisotopic (exact) mass is 265 g/mol. The lowest BCUT2D eigenvalue weighted by Crippen LogP contribution is -2.31. The van der Waals surface area contributed by atoms with Crippen molar-refractivity contribution >= 4 is 19.2 Å². The van der Waals surface area contributed by atoms with Gasteiger partial charge in [0.05, 0.1) is 5.97 Å². The minimum Gasteiger partial charge on any atom is -0.545 e. The van der Waals surface area contributed by atoms with Crippen molar-refractivity contribution in [3.8, 4) is 0 Å². The predicted octanol–water partition coefficient (Wildman–Crippen LogP) is 2.75. The highest BCUT2D eigenvalue weighted by Gasteiger charge is 2.35. The second kappa shape index (κ2) is 5.01. The molecule has 100 valence electrons. The molecule has 0 aliphatic heterocycles. The van der Waals surface area contributed by atoms with Gasteiger partial charge >= 0.3 is 0 Å². The third-order valence-electron chi connectivity index (χ3n) is 2.70. The molecule has 0 spiro atoms. The van der Waals surface area contributed by atoms with Crippen molar-refractivity contribution in [2.24, 2.45) is 0 Å². The van der Waals surface area contributed by atoms with E-state index in [1.807, 2.05) is 12.1 Å². The first kappa shape index (κ1) is 15.2. The van der Waals surface area contributed by atoms with E-state index in [0.717, 1.165) is 0 Å². The summed E-state index contributed by atoms with van der Waals surface area (Å²) < 4.78 is 0. The number of benzene rings is 1. The Kier molecular flexibility index (Phi) is 4.23. The summed E-state index contributed by atoms with van der Waals surface area (Å²) in [6.07, 6.45) is 0. The Morgan fingerprint density at radius 3 is 1.61 bits per heavy atom. The van der Waals surface area contributed by atoms with E-state index in [2.05, 4.69) is 41.5 Å². The molecule has 0 aliphatic rings. The summed E-state index contributed by atoms with van der Waals surface area (Å²) in [4.78, 5) is 10.8. The van der Waals surface area contributed by atoms with E-state index in [1.54, 1.807) is 12.1 Å². The predicted molar refractivity (Wildman–Crippen MR) is 76.8 cm³/mol. The lowest BCUT2D eigenvalue weighted by atomic mass is 10.2. The van der Waals surface area contributed by atoms with Crippen molar-refractivity contribution in [1.29, 1.82) is 0 Å². The van der Waals surface area contributed by atoms with E-state index in [0.29, 0.717) is 0 Å². The van der Waals surface area contributed by atoms with E-state index in [-0.39, 0.29) is 23.8 Å². The summed E-state index contributed by atoms with van der Waals surface area (Å²) in [6, 6.07) is 7.18. The molecule has 0 aromatic heterocycles. The summed E-state index contributed by atoms with van der Waals surface area (Å²) in [5, 5.41) is 12.4. The van der Waals surface area contributed by atoms with Gasteiger partial charge in [-0.3, -0.25) is 0 Å². The lowest BCUT2D eigenvalue weighted by molar-refractivity contribution is -0.255. The van der Waals surface area contributed by atoms with Crippen molar-refractivity contribution in [2.45, 2.75) is 51.9 Å². The molecule has 0 fully saturated rings. The molecule has 0 saturated carbocycles. The number of carbonyl (C=O) groups excluding carboxylic acids is 1. The highest BCUT2D eigenvalue weighted by Crippen LogP contribution is 2.58. The molecule has 0 saturated heterocycles. The smallest absolute Gasteiger partial charge is 0.0715 e. The molecule has 0 amide bonds. The van der Waals surface area contributed by atoms with Crippen LogP contribution < -0.4 is 10.4 Å². The minimum absolute atomic E-state index is 0.191. The van der Waals surface area contributed by atoms with E-state index in [9.17, 15) is 9.90 Å². The number of hydrogen-bond donors (Lipinski definition) is 0. The van der Waals surface area contributed by atoms with Crippen LogP contribution in [0.5, 0.6) is 0 Å². The third-order valence-corrected chi connectivity index (χ3v) is 6.20. The number of carboxylic acid groups (broad SMARTS) is 1. The van der Waals surface area contributed by atoms with Gasteiger partial charge in [-0.15, -0.1) is 0 Å². The number of hydrogen-bond acceptors (Lipinski definition) is 2. The molecule has 0 radical (unpaired) electrons. The Morgan fingerprint density at radius 1 is 0.944 bits per heavy atom. The second-order valence-electron chi connectivity index (χ2n) is 6.51. The van der Waals surface area contributed by atoms with Gasteiger partial charge < -0.3 is 9.90 Å². The maximum absolute atomic E-state index is 10.8. The molecule has 0 N–H and O–H groups in total. The van der Waals surface area contributed by atoms with Gasteiger partial charge in [-0.2, -0.15) is 0 Å². The summed E-state index contributed by atoms with van der Waals surface area (Å²) >= 11 is 0. The van der Waals surface area contributed by atoms with Gasteiger partial charge in [0, 0.05) is 0 Å². The van der Waals surface area contributed by atoms with Gasteiger partial charge in [0.2, 0.25) is 0 Å². The molecule has 0 atom stereocenters. The molecule has 2 nitrogen and oxygen atoms in total. The average molecular weight is 265 g/mol. The van der Waals surface area contributed by atoms with Crippen molar-refractivity contribution in [2.75, 3.05) is 0 Å². The summed E-state index contributed by atoms with van der Waals surface area (Å²) in [5.41, 5.74) is 0.247. The molecule has 0 unspecified atom stereocenters. The fourth-order valence-corrected chi connectivity index (χ4v) is 6.54. The molecule has 1 aromatic rings. The van der Waals surface area contributed by atoms with Crippen LogP contribution in [-0.2, 0) is 0 Å². The van der Waals surface area contributed by atoms with Crippen molar-refractivity contribution < 1.29 is 9.90 Å². The van der Waals surface area contributed by atoms with Crippen LogP contribution in [0, 0.1) is 0 Å². The number of carbonyl (C=O) groups is 1. The van der Waals surface area contributed by atoms with Crippen molar-refractivity contribution in [3.05, 3.63) is 29.8 Å². The largest absolute Gasteiger partial charge is 0.545 e. The van der Waals surface area contributed by atoms with Gasteiger partial charge in [-0.05, 0) is 21.2 Å². The molecule has 1 rings (SSSR count). The van der Waals surface area contributed by atoms with Crippen LogP contribution in [0.3, 0.4) is 0 Å². The Morgan fingerprint density at radius 2 is 1.33 bits per heavy atom. The standard InChI is InChI=1S/C15H23O2P/c1-14(2,3)18(15(4,5)6)12-9-7-11(8-10-12)13(16)17/h7-10H,1-6H3,(H,16,17)/p-1. The zero-order chi connectivity index (χ0) is 14.1. The van der Waals surface area contributed by atoms with Crippen LogP contribution in [0.4, 0.5) is 0 Å². The quantitative estimate of drug-likeness (QED) is 0.771. The van der Waals surface area contributed by atoms with Crippen LogP contribution in [0.1, 0.15) is 51.9 Å². The van der Waals surface area contributed by atoms with E-state index < -0.39 is 5.97 Å². The highest BCUT2D eigenvalue weighted by atomic mass is 31.1. The Hall–Kier alpha value is -0.880. The Labute approximate surface area is 111 Å². The van der Waals surface area contributed by atoms with Crippen LogP contribution >= 0.6 is 7.92 Å². The molecule has 0 heterocycles. The topological polar surface area (TPSA) is 40.1 Å². The van der Waals surface area contributed by atoms with Gasteiger partial charge in [-0.25, -0.2) is 0 Å². The number of rotatable bonds is 2. The van der Waals surface area contributed by atoms with Gasteiger partial charge in [0.25, 0.3) is 0 Å². The molecule has 1 aromatic carbocycles. The fraction of sp³-hybridized carbons (Fsp3) is 0.533. The van der Waals surface area contributed by atoms with Crippen LogP contribution in [0.15, 0.2) is 24.3 Å². The summed E-state index contributed by atoms with van der Waals surface area (Å²) in [7, 11) is -0.383. The molecule has 0 aliphatic carbocycles. The normalized spacial score (nSPS) is 12.8. The summed E-state index contributed by atoms with van der Waals surface area (Å²) in [5.74, 6) is -1.11. The van der Waals surface area contributed by atoms with Gasteiger partial charge in [-0.1, -0.05) is 73.7 Å². The number of aromatic carboxylic acids is 1. The first-order valence-electron chi connectivity index (χ1n) is 6.15. The third kappa shape index (κ3) is 3.55. The zero-order valence-electron chi connectivity index (χ0n) is 12.1. The lowest BCUT2D eigenvalue weighted by Gasteiger charge is -2.41. The zero-order valence-corrected chi connectivity index (χ0v) is 13.0. The van der Waals surface area contributed by atoms with Crippen LogP contribution in [0.25, 0.3) is 0 Å². The minimum atomic E-state index is -1.11. The van der Waals surface area contributed by atoms with Gasteiger partial charge in [0.1, 0.15) is 0 Å². The molecular formula is C15H22O2P-. The highest BCUT2D eigenvalue weighted by molar-refractivity contribution is 7.68. The van der Waals surface area contributed by atoms with E-state index in [4.69, 9.17) is 0 Å². The summed E-state index contributed by atoms with van der Waals surface area (Å²) in [6.45, 7) is 13.5. The van der Waals surface area contributed by atoms with Crippen molar-refractivity contribution in [1.82, 2.24) is 0 Å². The van der Waals surface area contributed by atoms with E-state index >= 15 is 0 Å². The Bertz CT molecular complexity index is 407. The first-order valence-corrected chi connectivity index (χ1v) is 7.49. The van der Waals surface area contributed by atoms with Crippen LogP contribution in [0.2, 0.25) is 0 Å². The fourth-order valence-electron chi connectivity index (χ4n) is 2.53. The maximum atomic E-state index is 10.8. The molecule has 18 heavy (non-hydrogen) atoms. The SMILES string of the molecule is CC(C)(C)P(c1ccc(C(=O)[O-])cc1)C(C)(C)C. The van der Waals surface area contributed by atoms with Crippen LogP contribution in [-0.4, -0.2) is 16.3 Å². The van der Waals surface area contributed by atoms with E-state index in [1.165, 1.54) is 5.30 Å². The maximum Gasteiger partial charge on any atom is 0.0715 e. The second-order valence-corrected chi connectivity index (χ2v) is 10.4. The molecular weight excluding hydrogens is 243 g/mol. The molecule has 3 heteroatoms. The number of carboxylic acids is 1. The van der Waals surface area contributed by atoms with Crippen molar-refractivity contribution in [3.63, 3.8) is 0 Å². The molecule has 0 bridgehead atoms. The average Bonchev–Trinajstić information content (AvgIpc) is 2.13. The Balaban J connectivity index is 3.20. The first-order chi connectivity index (χ1) is 8.03. The van der Waals surface area contributed by atoms with Gasteiger partial charge in [0.15, 0.2) is 0 Å².